The minimum absolute atomic E-state index is 0.302. The van der Waals surface area contributed by atoms with Crippen LogP contribution in [0.2, 0.25) is 0 Å². The van der Waals surface area contributed by atoms with E-state index < -0.39 is 5.91 Å². The van der Waals surface area contributed by atoms with E-state index in [0.29, 0.717) is 23.2 Å². The Morgan fingerprint density at radius 1 is 1.45 bits per heavy atom. The Balaban J connectivity index is 1.77. The Morgan fingerprint density at radius 3 is 2.86 bits per heavy atom. The fourth-order valence-corrected chi connectivity index (χ4v) is 2.31. The van der Waals surface area contributed by atoms with Crippen molar-refractivity contribution in [3.8, 4) is 0 Å². The third kappa shape index (κ3) is 3.16. The topological polar surface area (TPSA) is 111 Å². The Hall–Kier alpha value is -2.64. The minimum atomic E-state index is -0.538. The van der Waals surface area contributed by atoms with Gasteiger partial charge in [-0.25, -0.2) is 4.98 Å². The molecule has 22 heavy (non-hydrogen) atoms. The smallest absolute Gasteiger partial charge is 0.254 e. The van der Waals surface area contributed by atoms with E-state index in [1.807, 2.05) is 13.2 Å². The first kappa shape index (κ1) is 14.3. The molecule has 8 nitrogen and oxygen atoms in total. The first-order valence-corrected chi connectivity index (χ1v) is 7.28. The number of aromatic nitrogens is 4. The van der Waals surface area contributed by atoms with Gasteiger partial charge in [0.25, 0.3) is 5.91 Å². The van der Waals surface area contributed by atoms with Gasteiger partial charge in [-0.2, -0.15) is 10.1 Å². The molecule has 0 saturated heterocycles. The molecule has 0 atom stereocenters. The average Bonchev–Trinajstić information content (AvgIpc) is 2.82. The maximum atomic E-state index is 11.5. The zero-order chi connectivity index (χ0) is 15.5. The maximum absolute atomic E-state index is 11.5. The van der Waals surface area contributed by atoms with E-state index in [1.54, 1.807) is 10.9 Å². The summed E-state index contributed by atoms with van der Waals surface area (Å²) in [4.78, 5) is 20.0. The number of nitrogens with zero attached hydrogens (tertiary/aromatic N) is 4. The maximum Gasteiger partial charge on any atom is 0.254 e. The summed E-state index contributed by atoms with van der Waals surface area (Å²) >= 11 is 0. The zero-order valence-electron chi connectivity index (χ0n) is 12.4. The van der Waals surface area contributed by atoms with Gasteiger partial charge in [-0.3, -0.25) is 9.48 Å². The second kappa shape index (κ2) is 6.00. The van der Waals surface area contributed by atoms with Crippen molar-refractivity contribution in [3.05, 3.63) is 24.2 Å². The van der Waals surface area contributed by atoms with Crippen molar-refractivity contribution < 1.29 is 4.79 Å². The third-order valence-electron chi connectivity index (χ3n) is 3.80. The number of nitrogens with one attached hydrogen (secondary N) is 2. The minimum Gasteiger partial charge on any atom is -0.369 e. The van der Waals surface area contributed by atoms with Gasteiger partial charge in [0.1, 0.15) is 5.82 Å². The van der Waals surface area contributed by atoms with Crippen LogP contribution in [0, 0.1) is 5.92 Å². The van der Waals surface area contributed by atoms with Crippen LogP contribution in [-0.4, -0.2) is 32.2 Å². The molecule has 1 saturated carbocycles. The van der Waals surface area contributed by atoms with Gasteiger partial charge in [-0.15, -0.1) is 0 Å². The van der Waals surface area contributed by atoms with E-state index in [4.69, 9.17) is 5.73 Å². The van der Waals surface area contributed by atoms with Crippen LogP contribution in [0.15, 0.2) is 18.6 Å². The van der Waals surface area contributed by atoms with Crippen molar-refractivity contribution >= 4 is 23.4 Å². The van der Waals surface area contributed by atoms with E-state index in [-0.39, 0.29) is 0 Å². The number of amides is 1. The number of hydrogen-bond acceptors (Lipinski definition) is 6. The SMILES string of the molecule is Cn1cc(Nc2ncc(C(N)=O)c(NCC3CCC3)n2)cn1. The van der Waals surface area contributed by atoms with Crippen molar-refractivity contribution in [3.63, 3.8) is 0 Å². The van der Waals surface area contributed by atoms with Crippen LogP contribution < -0.4 is 16.4 Å². The van der Waals surface area contributed by atoms with Crippen LogP contribution >= 0.6 is 0 Å². The number of anilines is 3. The highest BCUT2D eigenvalue weighted by molar-refractivity contribution is 5.97. The van der Waals surface area contributed by atoms with Crippen molar-refractivity contribution in [1.29, 1.82) is 0 Å². The molecule has 4 N–H and O–H groups in total. The second-order valence-electron chi connectivity index (χ2n) is 5.53. The number of nitrogens with two attached hydrogens (primary N) is 1. The molecule has 0 spiro atoms. The number of hydrogen-bond donors (Lipinski definition) is 3. The number of carbonyl (C=O) groups is 1. The number of aryl methyl sites for hydroxylation is 1. The highest BCUT2D eigenvalue weighted by atomic mass is 16.1. The Morgan fingerprint density at radius 2 is 2.27 bits per heavy atom. The van der Waals surface area contributed by atoms with Crippen molar-refractivity contribution in [2.45, 2.75) is 19.3 Å². The van der Waals surface area contributed by atoms with Crippen LogP contribution in [0.25, 0.3) is 0 Å². The Kier molecular flexibility index (Phi) is 3.90. The monoisotopic (exact) mass is 301 g/mol. The molecule has 1 aliphatic carbocycles. The highest BCUT2D eigenvalue weighted by Crippen LogP contribution is 2.27. The summed E-state index contributed by atoms with van der Waals surface area (Å²) in [5.41, 5.74) is 6.46. The van der Waals surface area contributed by atoms with E-state index in [9.17, 15) is 4.79 Å². The lowest BCUT2D eigenvalue weighted by Crippen LogP contribution is -2.24. The fraction of sp³-hybridized carbons (Fsp3) is 0.429. The van der Waals surface area contributed by atoms with E-state index in [1.165, 1.54) is 25.5 Å². The molecule has 8 heteroatoms. The first-order valence-electron chi connectivity index (χ1n) is 7.28. The molecule has 1 fully saturated rings. The molecule has 0 unspecified atom stereocenters. The lowest BCUT2D eigenvalue weighted by molar-refractivity contribution is 0.100. The van der Waals surface area contributed by atoms with Gasteiger partial charge in [0.2, 0.25) is 5.95 Å². The Bertz CT molecular complexity index is 678. The molecular weight excluding hydrogens is 282 g/mol. The normalized spacial score (nSPS) is 14.4. The van der Waals surface area contributed by atoms with Gasteiger partial charge in [-0.1, -0.05) is 6.42 Å². The van der Waals surface area contributed by atoms with Gasteiger partial charge in [0.15, 0.2) is 0 Å². The van der Waals surface area contributed by atoms with Crippen LogP contribution in [0.3, 0.4) is 0 Å². The molecule has 1 aliphatic rings. The van der Waals surface area contributed by atoms with Gasteiger partial charge < -0.3 is 16.4 Å². The lowest BCUT2D eigenvalue weighted by Gasteiger charge is -2.25. The van der Waals surface area contributed by atoms with Crippen molar-refractivity contribution in [2.24, 2.45) is 18.7 Å². The molecule has 3 rings (SSSR count). The Labute approximate surface area is 128 Å². The van der Waals surface area contributed by atoms with Gasteiger partial charge in [-0.05, 0) is 18.8 Å². The summed E-state index contributed by atoms with van der Waals surface area (Å²) in [5, 5.41) is 10.3. The number of rotatable bonds is 6. The third-order valence-corrected chi connectivity index (χ3v) is 3.80. The average molecular weight is 301 g/mol. The predicted octanol–water partition coefficient (Wildman–Crippen LogP) is 1.26. The zero-order valence-corrected chi connectivity index (χ0v) is 12.4. The van der Waals surface area contributed by atoms with Gasteiger partial charge >= 0.3 is 0 Å². The largest absolute Gasteiger partial charge is 0.369 e. The molecule has 0 aromatic carbocycles. The lowest BCUT2D eigenvalue weighted by atomic mass is 9.85. The standard InChI is InChI=1S/C14H19N7O/c1-21-8-10(6-18-21)19-14-17-7-11(12(15)22)13(20-14)16-5-9-3-2-4-9/h6-9H,2-5H2,1H3,(H2,15,22)(H2,16,17,19,20). The van der Waals surface area contributed by atoms with Crippen LogP contribution in [-0.2, 0) is 7.05 Å². The van der Waals surface area contributed by atoms with Crippen LogP contribution in [0.5, 0.6) is 0 Å². The first-order chi connectivity index (χ1) is 10.6. The van der Waals surface area contributed by atoms with Gasteiger partial charge in [0.05, 0.1) is 17.4 Å². The molecule has 116 valence electrons. The molecule has 2 aromatic heterocycles. The summed E-state index contributed by atoms with van der Waals surface area (Å²) in [6.07, 6.45) is 8.62. The molecule has 2 heterocycles. The van der Waals surface area contributed by atoms with E-state index in [0.717, 1.165) is 12.2 Å². The summed E-state index contributed by atoms with van der Waals surface area (Å²) in [5.74, 6) is 0.976. The predicted molar refractivity (Wildman–Crippen MR) is 82.9 cm³/mol. The number of carbonyl (C=O) groups excluding carboxylic acids is 1. The summed E-state index contributed by atoms with van der Waals surface area (Å²) in [7, 11) is 1.83. The summed E-state index contributed by atoms with van der Waals surface area (Å²) in [6, 6.07) is 0. The van der Waals surface area contributed by atoms with Crippen molar-refractivity contribution in [2.75, 3.05) is 17.2 Å². The molecule has 0 aliphatic heterocycles. The fourth-order valence-electron chi connectivity index (χ4n) is 2.31. The quantitative estimate of drug-likeness (QED) is 0.741. The molecule has 0 radical (unpaired) electrons. The molecule has 2 aromatic rings. The second-order valence-corrected chi connectivity index (χ2v) is 5.53. The van der Waals surface area contributed by atoms with E-state index in [2.05, 4.69) is 25.7 Å². The van der Waals surface area contributed by atoms with Crippen molar-refractivity contribution in [1.82, 2.24) is 19.7 Å². The van der Waals surface area contributed by atoms with Crippen LogP contribution in [0.4, 0.5) is 17.5 Å². The van der Waals surface area contributed by atoms with E-state index >= 15 is 0 Å². The van der Waals surface area contributed by atoms with Crippen LogP contribution in [0.1, 0.15) is 29.6 Å². The van der Waals surface area contributed by atoms with Gasteiger partial charge in [0, 0.05) is 26.0 Å². The molecule has 1 amide bonds. The number of primary amides is 1. The summed E-state index contributed by atoms with van der Waals surface area (Å²) in [6.45, 7) is 0.795. The molecular formula is C14H19N7O. The summed E-state index contributed by atoms with van der Waals surface area (Å²) < 4.78 is 1.68. The molecule has 0 bridgehead atoms. The highest BCUT2D eigenvalue weighted by Gasteiger charge is 2.19.